The van der Waals surface area contributed by atoms with Crippen molar-refractivity contribution in [2.45, 2.75) is 13.5 Å². The fraction of sp³-hybridized carbons (Fsp3) is 0.125. The first-order valence-corrected chi connectivity index (χ1v) is 7.02. The first-order valence-electron chi connectivity index (χ1n) is 7.02. The number of esters is 1. The summed E-state index contributed by atoms with van der Waals surface area (Å²) in [6.07, 6.45) is 3.10. The van der Waals surface area contributed by atoms with E-state index >= 15 is 0 Å². The molecule has 0 saturated heterocycles. The molecule has 0 saturated carbocycles. The zero-order valence-electron chi connectivity index (χ0n) is 12.3. The van der Waals surface area contributed by atoms with Gasteiger partial charge in [-0.05, 0) is 36.8 Å². The summed E-state index contributed by atoms with van der Waals surface area (Å²) in [5, 5.41) is 8.84. The summed E-state index contributed by atoms with van der Waals surface area (Å²) in [4.78, 5) is 16.2. The fourth-order valence-corrected chi connectivity index (χ4v) is 2.37. The first kappa shape index (κ1) is 13.4. The molecule has 0 amide bonds. The third-order valence-corrected chi connectivity index (χ3v) is 3.60. The van der Waals surface area contributed by atoms with Crippen LogP contribution >= 0.6 is 0 Å². The van der Waals surface area contributed by atoms with Crippen LogP contribution in [0.5, 0.6) is 0 Å². The highest BCUT2D eigenvalue weighted by Crippen LogP contribution is 2.19. The molecule has 1 aromatic carbocycles. The van der Waals surface area contributed by atoms with Crippen molar-refractivity contribution in [1.82, 2.24) is 19.8 Å². The molecule has 0 radical (unpaired) electrons. The van der Waals surface area contributed by atoms with E-state index in [-0.39, 0.29) is 6.61 Å². The molecule has 0 aliphatic rings. The van der Waals surface area contributed by atoms with Gasteiger partial charge >= 0.3 is 5.97 Å². The zero-order chi connectivity index (χ0) is 15.8. The molecule has 0 spiro atoms. The maximum Gasteiger partial charge on any atom is 0.338 e. The molecule has 0 fully saturated rings. The van der Waals surface area contributed by atoms with Gasteiger partial charge in [-0.3, -0.25) is 0 Å². The second-order valence-electron chi connectivity index (χ2n) is 5.15. The number of fused-ring (bicyclic) bond motifs is 2. The van der Waals surface area contributed by atoms with E-state index in [0.29, 0.717) is 16.8 Å². The number of aryl methyl sites for hydroxylation is 1. The van der Waals surface area contributed by atoms with Crippen LogP contribution in [0.3, 0.4) is 0 Å². The molecule has 3 aromatic heterocycles. The number of hydrogen-bond donors (Lipinski definition) is 0. The molecule has 0 aliphatic carbocycles. The van der Waals surface area contributed by atoms with Crippen LogP contribution in [0.15, 0.2) is 47.4 Å². The Bertz CT molecular complexity index is 1020. The third-order valence-electron chi connectivity index (χ3n) is 3.60. The van der Waals surface area contributed by atoms with Gasteiger partial charge in [-0.15, -0.1) is 0 Å². The van der Waals surface area contributed by atoms with Gasteiger partial charge in [0.2, 0.25) is 0 Å². The lowest BCUT2D eigenvalue weighted by Crippen LogP contribution is -2.06. The van der Waals surface area contributed by atoms with Crippen molar-refractivity contribution in [3.05, 3.63) is 59.7 Å². The van der Waals surface area contributed by atoms with Crippen molar-refractivity contribution in [2.75, 3.05) is 0 Å². The molecular weight excluding hydrogens is 296 g/mol. The van der Waals surface area contributed by atoms with E-state index in [4.69, 9.17) is 9.26 Å². The Morgan fingerprint density at radius 3 is 3.13 bits per heavy atom. The molecule has 3 heterocycles. The molecule has 23 heavy (non-hydrogen) atoms. The highest BCUT2D eigenvalue weighted by Gasteiger charge is 2.10. The SMILES string of the molecule is Cc1noc2cc(COC(=O)c3ccn4ncnc4c3)ccc12. The second-order valence-corrected chi connectivity index (χ2v) is 5.15. The van der Waals surface area contributed by atoms with Crippen molar-refractivity contribution in [1.29, 1.82) is 0 Å². The van der Waals surface area contributed by atoms with Crippen molar-refractivity contribution in [2.24, 2.45) is 0 Å². The van der Waals surface area contributed by atoms with Gasteiger partial charge in [0.1, 0.15) is 12.9 Å². The minimum Gasteiger partial charge on any atom is -0.457 e. The third kappa shape index (κ3) is 2.42. The smallest absolute Gasteiger partial charge is 0.338 e. The first-order chi connectivity index (χ1) is 11.2. The number of pyridine rings is 1. The molecule has 0 bridgehead atoms. The molecule has 0 aliphatic heterocycles. The lowest BCUT2D eigenvalue weighted by Gasteiger charge is -2.05. The molecule has 0 atom stereocenters. The van der Waals surface area contributed by atoms with Gasteiger partial charge in [-0.2, -0.15) is 5.10 Å². The van der Waals surface area contributed by atoms with Crippen LogP contribution in [0, 0.1) is 6.92 Å². The summed E-state index contributed by atoms with van der Waals surface area (Å²) in [6.45, 7) is 2.04. The minimum absolute atomic E-state index is 0.159. The summed E-state index contributed by atoms with van der Waals surface area (Å²) >= 11 is 0. The molecule has 0 N–H and O–H groups in total. The van der Waals surface area contributed by atoms with Crippen LogP contribution < -0.4 is 0 Å². The highest BCUT2D eigenvalue weighted by molar-refractivity contribution is 5.90. The lowest BCUT2D eigenvalue weighted by molar-refractivity contribution is 0.0472. The number of aromatic nitrogens is 4. The van der Waals surface area contributed by atoms with Crippen LogP contribution in [-0.4, -0.2) is 25.7 Å². The van der Waals surface area contributed by atoms with Crippen LogP contribution in [0.4, 0.5) is 0 Å². The van der Waals surface area contributed by atoms with Gasteiger partial charge < -0.3 is 9.26 Å². The largest absolute Gasteiger partial charge is 0.457 e. The van der Waals surface area contributed by atoms with Crippen LogP contribution in [-0.2, 0) is 11.3 Å². The minimum atomic E-state index is -0.413. The molecule has 4 rings (SSSR count). The summed E-state index contributed by atoms with van der Waals surface area (Å²) in [6, 6.07) is 8.91. The van der Waals surface area contributed by atoms with Gasteiger partial charge in [0, 0.05) is 11.6 Å². The predicted octanol–water partition coefficient (Wildman–Crippen LogP) is 2.54. The zero-order valence-corrected chi connectivity index (χ0v) is 12.3. The number of benzene rings is 1. The van der Waals surface area contributed by atoms with Gasteiger partial charge in [-0.25, -0.2) is 14.3 Å². The Morgan fingerprint density at radius 1 is 1.30 bits per heavy atom. The maximum atomic E-state index is 12.1. The average Bonchev–Trinajstić information content (AvgIpc) is 3.18. The van der Waals surface area contributed by atoms with E-state index in [1.165, 1.54) is 6.33 Å². The van der Waals surface area contributed by atoms with E-state index in [0.717, 1.165) is 16.6 Å². The van der Waals surface area contributed by atoms with Crippen molar-refractivity contribution in [3.63, 3.8) is 0 Å². The quantitative estimate of drug-likeness (QED) is 0.541. The molecule has 114 valence electrons. The van der Waals surface area contributed by atoms with Gasteiger partial charge in [-0.1, -0.05) is 11.2 Å². The summed E-state index contributed by atoms with van der Waals surface area (Å²) in [5.41, 5.74) is 3.39. The summed E-state index contributed by atoms with van der Waals surface area (Å²) in [7, 11) is 0. The highest BCUT2D eigenvalue weighted by atomic mass is 16.5. The van der Waals surface area contributed by atoms with Crippen molar-refractivity contribution >= 4 is 22.6 Å². The predicted molar refractivity (Wildman–Crippen MR) is 80.9 cm³/mol. The standard InChI is InChI=1S/C16H12N4O3/c1-10-13-3-2-11(6-14(13)23-19-10)8-22-16(21)12-4-5-20-15(7-12)17-9-18-20/h2-7,9H,8H2,1H3. The van der Waals surface area contributed by atoms with Gasteiger partial charge in [0.05, 0.1) is 11.3 Å². The number of carbonyl (C=O) groups excluding carboxylic acids is 1. The Balaban J connectivity index is 1.51. The van der Waals surface area contributed by atoms with Crippen LogP contribution in [0.25, 0.3) is 16.6 Å². The van der Waals surface area contributed by atoms with Crippen LogP contribution in [0.2, 0.25) is 0 Å². The molecular formula is C16H12N4O3. The van der Waals surface area contributed by atoms with E-state index in [9.17, 15) is 4.79 Å². The molecule has 0 unspecified atom stereocenters. The summed E-state index contributed by atoms with van der Waals surface area (Å²) < 4.78 is 12.1. The van der Waals surface area contributed by atoms with E-state index in [1.54, 1.807) is 22.8 Å². The molecule has 7 heteroatoms. The average molecular weight is 308 g/mol. The van der Waals surface area contributed by atoms with Gasteiger partial charge in [0.15, 0.2) is 11.2 Å². The maximum absolute atomic E-state index is 12.1. The molecule has 7 nitrogen and oxygen atoms in total. The Hall–Kier alpha value is -3.22. The van der Waals surface area contributed by atoms with Crippen molar-refractivity contribution < 1.29 is 14.1 Å². The lowest BCUT2D eigenvalue weighted by atomic mass is 10.1. The monoisotopic (exact) mass is 308 g/mol. The molecule has 4 aromatic rings. The Kier molecular flexibility index (Phi) is 3.04. The normalized spacial score (nSPS) is 11.2. The van der Waals surface area contributed by atoms with Crippen molar-refractivity contribution in [3.8, 4) is 0 Å². The fourth-order valence-electron chi connectivity index (χ4n) is 2.37. The Morgan fingerprint density at radius 2 is 2.22 bits per heavy atom. The number of carbonyl (C=O) groups is 1. The second kappa shape index (κ2) is 5.20. The number of hydrogen-bond acceptors (Lipinski definition) is 6. The number of ether oxygens (including phenoxy) is 1. The van der Waals surface area contributed by atoms with Crippen LogP contribution in [0.1, 0.15) is 21.6 Å². The van der Waals surface area contributed by atoms with Gasteiger partial charge in [0.25, 0.3) is 0 Å². The van der Waals surface area contributed by atoms with E-state index in [2.05, 4.69) is 15.2 Å². The Labute approximate surface area is 130 Å². The number of rotatable bonds is 3. The van der Waals surface area contributed by atoms with E-state index in [1.807, 2.05) is 25.1 Å². The topological polar surface area (TPSA) is 82.5 Å². The summed E-state index contributed by atoms with van der Waals surface area (Å²) in [5.74, 6) is -0.413. The number of nitrogens with zero attached hydrogens (tertiary/aromatic N) is 4. The van der Waals surface area contributed by atoms with E-state index < -0.39 is 5.97 Å².